The molecular weight excluding hydrogens is 232 g/mol. The van der Waals surface area contributed by atoms with E-state index in [1.807, 2.05) is 23.9 Å². The number of fused-ring (bicyclic) bond motifs is 1. The summed E-state index contributed by atoms with van der Waals surface area (Å²) in [6.07, 6.45) is 5.42. The van der Waals surface area contributed by atoms with Crippen molar-refractivity contribution < 1.29 is 0 Å². The van der Waals surface area contributed by atoms with E-state index in [4.69, 9.17) is 0 Å². The maximum atomic E-state index is 4.27. The van der Waals surface area contributed by atoms with Crippen molar-refractivity contribution in [1.82, 2.24) is 15.0 Å². The molecule has 0 fully saturated rings. The molecule has 5 heteroatoms. The smallest absolute Gasteiger partial charge is 0.164 e. The topological polar surface area (TPSA) is 50.7 Å². The van der Waals surface area contributed by atoms with Crippen LogP contribution in [0.15, 0.2) is 24.7 Å². The third-order valence-electron chi connectivity index (χ3n) is 2.48. The number of aromatic nitrogens is 3. The molecule has 2 heterocycles. The Kier molecular flexibility index (Phi) is 4.14. The molecule has 2 aromatic rings. The van der Waals surface area contributed by atoms with Gasteiger partial charge in [0.1, 0.15) is 12.1 Å². The van der Waals surface area contributed by atoms with Crippen molar-refractivity contribution in [3.8, 4) is 0 Å². The molecule has 2 rings (SSSR count). The number of thioether (sulfide) groups is 1. The van der Waals surface area contributed by atoms with Crippen molar-refractivity contribution in [1.29, 1.82) is 0 Å². The Balaban J connectivity index is 2.13. The summed E-state index contributed by atoms with van der Waals surface area (Å²) in [5, 5.41) is 4.35. The summed E-state index contributed by atoms with van der Waals surface area (Å²) >= 11 is 1.86. The van der Waals surface area contributed by atoms with Crippen LogP contribution >= 0.6 is 11.8 Å². The van der Waals surface area contributed by atoms with Gasteiger partial charge < -0.3 is 5.32 Å². The Morgan fingerprint density at radius 2 is 2.24 bits per heavy atom. The Labute approximate surface area is 105 Å². The Hall–Kier alpha value is -1.36. The van der Waals surface area contributed by atoms with E-state index in [-0.39, 0.29) is 0 Å². The summed E-state index contributed by atoms with van der Waals surface area (Å²) in [7, 11) is 0. The average molecular weight is 248 g/mol. The molecule has 4 nitrogen and oxygen atoms in total. The van der Waals surface area contributed by atoms with E-state index in [9.17, 15) is 0 Å². The lowest BCUT2D eigenvalue weighted by molar-refractivity contribution is 0.700. The van der Waals surface area contributed by atoms with Crippen molar-refractivity contribution in [3.63, 3.8) is 0 Å². The van der Waals surface area contributed by atoms with Gasteiger partial charge in [0.25, 0.3) is 0 Å². The van der Waals surface area contributed by atoms with Crippen LogP contribution in [-0.2, 0) is 0 Å². The number of hydrogen-bond acceptors (Lipinski definition) is 5. The van der Waals surface area contributed by atoms with Gasteiger partial charge in [-0.1, -0.05) is 6.92 Å². The van der Waals surface area contributed by atoms with E-state index in [0.717, 1.165) is 29.1 Å². The van der Waals surface area contributed by atoms with Gasteiger partial charge in [0.15, 0.2) is 5.65 Å². The Bertz CT molecular complexity index is 483. The number of hydrogen-bond donors (Lipinski definition) is 1. The zero-order chi connectivity index (χ0) is 12.1. The van der Waals surface area contributed by atoms with Gasteiger partial charge in [0.05, 0.1) is 5.39 Å². The van der Waals surface area contributed by atoms with Crippen molar-refractivity contribution in [2.75, 3.05) is 23.9 Å². The molecule has 0 saturated heterocycles. The number of nitrogens with one attached hydrogen (secondary N) is 1. The fourth-order valence-electron chi connectivity index (χ4n) is 1.65. The van der Waals surface area contributed by atoms with Crippen LogP contribution in [-0.4, -0.2) is 33.5 Å². The van der Waals surface area contributed by atoms with Gasteiger partial charge in [-0.25, -0.2) is 15.0 Å². The van der Waals surface area contributed by atoms with Crippen LogP contribution in [0.3, 0.4) is 0 Å². The van der Waals surface area contributed by atoms with Gasteiger partial charge in [0.2, 0.25) is 0 Å². The van der Waals surface area contributed by atoms with Crippen molar-refractivity contribution in [2.45, 2.75) is 6.92 Å². The molecule has 0 bridgehead atoms. The number of pyridine rings is 1. The number of nitrogens with zero attached hydrogens (tertiary/aromatic N) is 3. The molecule has 0 aliphatic carbocycles. The van der Waals surface area contributed by atoms with E-state index in [2.05, 4.69) is 33.4 Å². The van der Waals surface area contributed by atoms with Crippen molar-refractivity contribution in [3.05, 3.63) is 24.7 Å². The highest BCUT2D eigenvalue weighted by molar-refractivity contribution is 7.98. The monoisotopic (exact) mass is 248 g/mol. The van der Waals surface area contributed by atoms with Crippen LogP contribution in [0.4, 0.5) is 5.82 Å². The molecule has 0 unspecified atom stereocenters. The van der Waals surface area contributed by atoms with Crippen LogP contribution in [0.5, 0.6) is 0 Å². The third kappa shape index (κ3) is 3.06. The van der Waals surface area contributed by atoms with Crippen LogP contribution in [0.1, 0.15) is 6.92 Å². The molecule has 0 radical (unpaired) electrons. The molecule has 0 aliphatic heterocycles. The summed E-state index contributed by atoms with van der Waals surface area (Å²) < 4.78 is 0. The zero-order valence-electron chi connectivity index (χ0n) is 10.1. The van der Waals surface area contributed by atoms with Crippen molar-refractivity contribution in [2.24, 2.45) is 5.92 Å². The second-order valence-corrected chi connectivity index (χ2v) is 4.95. The lowest BCUT2D eigenvalue weighted by Gasteiger charge is -2.12. The van der Waals surface area contributed by atoms with Gasteiger partial charge in [-0.2, -0.15) is 11.8 Å². The van der Waals surface area contributed by atoms with Gasteiger partial charge in [-0.15, -0.1) is 0 Å². The highest BCUT2D eigenvalue weighted by Gasteiger charge is 2.05. The summed E-state index contributed by atoms with van der Waals surface area (Å²) in [5.74, 6) is 2.64. The number of rotatable bonds is 5. The SMILES string of the molecule is CSC[C@H](C)CNc1ncnc2ncccc12. The molecule has 0 aliphatic rings. The van der Waals surface area contributed by atoms with Gasteiger partial charge in [-0.05, 0) is 30.1 Å². The molecular formula is C12H16N4S. The fraction of sp³-hybridized carbons (Fsp3) is 0.417. The second kappa shape index (κ2) is 5.82. The van der Waals surface area contributed by atoms with E-state index in [0.29, 0.717) is 5.92 Å². The third-order valence-corrected chi connectivity index (χ3v) is 3.38. The van der Waals surface area contributed by atoms with Crippen LogP contribution in [0.2, 0.25) is 0 Å². The van der Waals surface area contributed by atoms with Crippen LogP contribution in [0, 0.1) is 5.92 Å². The molecule has 1 atom stereocenters. The zero-order valence-corrected chi connectivity index (χ0v) is 10.9. The molecule has 0 saturated carbocycles. The summed E-state index contributed by atoms with van der Waals surface area (Å²) in [5.41, 5.74) is 0.738. The minimum Gasteiger partial charge on any atom is -0.369 e. The maximum absolute atomic E-state index is 4.27. The molecule has 1 N–H and O–H groups in total. The lowest BCUT2D eigenvalue weighted by Crippen LogP contribution is -2.14. The first kappa shape index (κ1) is 12.1. The molecule has 0 amide bonds. The summed E-state index contributed by atoms with van der Waals surface area (Å²) in [6.45, 7) is 3.15. The predicted octanol–water partition coefficient (Wildman–Crippen LogP) is 2.44. The minimum absolute atomic E-state index is 0.617. The van der Waals surface area contributed by atoms with Gasteiger partial charge in [-0.3, -0.25) is 0 Å². The van der Waals surface area contributed by atoms with E-state index >= 15 is 0 Å². The summed E-state index contributed by atoms with van der Waals surface area (Å²) in [6, 6.07) is 3.89. The highest BCUT2D eigenvalue weighted by atomic mass is 32.2. The molecule has 2 aromatic heterocycles. The summed E-state index contributed by atoms with van der Waals surface area (Å²) in [4.78, 5) is 12.6. The highest BCUT2D eigenvalue weighted by Crippen LogP contribution is 2.17. The molecule has 0 aromatic carbocycles. The van der Waals surface area contributed by atoms with Crippen LogP contribution in [0.25, 0.3) is 11.0 Å². The minimum atomic E-state index is 0.617. The van der Waals surface area contributed by atoms with E-state index < -0.39 is 0 Å². The Morgan fingerprint density at radius 3 is 3.06 bits per heavy atom. The quantitative estimate of drug-likeness (QED) is 0.880. The molecule has 17 heavy (non-hydrogen) atoms. The number of anilines is 1. The fourth-order valence-corrected chi connectivity index (χ4v) is 2.34. The van der Waals surface area contributed by atoms with Gasteiger partial charge in [0, 0.05) is 12.7 Å². The average Bonchev–Trinajstić information content (AvgIpc) is 2.36. The first-order valence-electron chi connectivity index (χ1n) is 5.60. The predicted molar refractivity (Wildman–Crippen MR) is 73.4 cm³/mol. The largest absolute Gasteiger partial charge is 0.369 e. The van der Waals surface area contributed by atoms with Crippen molar-refractivity contribution >= 4 is 28.6 Å². The lowest BCUT2D eigenvalue weighted by atomic mass is 10.2. The first-order chi connectivity index (χ1) is 8.31. The maximum Gasteiger partial charge on any atom is 0.164 e. The standard InChI is InChI=1S/C12H16N4S/c1-9(7-17-2)6-14-12-10-4-3-5-13-11(10)15-8-16-12/h3-5,8-9H,6-7H2,1-2H3,(H,13,14,15,16)/t9-/m1/s1. The van der Waals surface area contributed by atoms with E-state index in [1.54, 1.807) is 12.5 Å². The normalized spacial score (nSPS) is 12.6. The second-order valence-electron chi connectivity index (χ2n) is 4.04. The van der Waals surface area contributed by atoms with E-state index in [1.165, 1.54) is 0 Å². The van der Waals surface area contributed by atoms with Gasteiger partial charge >= 0.3 is 0 Å². The molecule has 0 spiro atoms. The molecule has 90 valence electrons. The van der Waals surface area contributed by atoms with Crippen LogP contribution < -0.4 is 5.32 Å². The Morgan fingerprint density at radius 1 is 1.35 bits per heavy atom. The first-order valence-corrected chi connectivity index (χ1v) is 6.99.